The van der Waals surface area contributed by atoms with Crippen LogP contribution in [0.15, 0.2) is 59.6 Å². The van der Waals surface area contributed by atoms with Gasteiger partial charge in [0.1, 0.15) is 18.2 Å². The van der Waals surface area contributed by atoms with Gasteiger partial charge in [0, 0.05) is 19.8 Å². The molecule has 0 unspecified atom stereocenters. The van der Waals surface area contributed by atoms with E-state index in [1.165, 1.54) is 0 Å². The molecule has 0 saturated heterocycles. The van der Waals surface area contributed by atoms with Crippen molar-refractivity contribution in [3.63, 3.8) is 0 Å². The van der Waals surface area contributed by atoms with Crippen LogP contribution in [0.4, 0.5) is 15.3 Å². The molecule has 2 aromatic rings. The number of amides is 2. The highest BCUT2D eigenvalue weighted by molar-refractivity contribution is 6.40. The molecule has 1 atom stereocenters. The molecule has 1 N–H and O–H groups in total. The molecule has 9 heteroatoms. The lowest BCUT2D eigenvalue weighted by molar-refractivity contribution is -0.133. The Hall–Kier alpha value is -3.88. The Morgan fingerprint density at radius 1 is 1.00 bits per heavy atom. The van der Waals surface area contributed by atoms with Crippen LogP contribution in [-0.2, 0) is 25.6 Å². The average molecular weight is 470 g/mol. The Bertz CT molecular complexity index is 1010. The van der Waals surface area contributed by atoms with Gasteiger partial charge in [-0.1, -0.05) is 42.5 Å². The zero-order valence-corrected chi connectivity index (χ0v) is 20.3. The molecule has 0 aromatic heterocycles. The molecule has 0 heterocycles. The van der Waals surface area contributed by atoms with Gasteiger partial charge in [0.2, 0.25) is 0 Å². The summed E-state index contributed by atoms with van der Waals surface area (Å²) in [6.07, 6.45) is -1.78. The fraction of sp³-hybridized carbons (Fsp3) is 0.360. The first-order chi connectivity index (χ1) is 16.0. The maximum atomic E-state index is 12.6. The topological polar surface area (TPSA) is 107 Å². The van der Waals surface area contributed by atoms with Crippen LogP contribution in [0.1, 0.15) is 37.9 Å². The minimum atomic E-state index is -1.12. The lowest BCUT2D eigenvalue weighted by Crippen LogP contribution is -2.41. The van der Waals surface area contributed by atoms with E-state index in [-0.39, 0.29) is 12.3 Å². The number of alkyl carbamates (subject to hydrolysis) is 1. The number of nitrogens with one attached hydrogen (secondary N) is 1. The van der Waals surface area contributed by atoms with Gasteiger partial charge in [-0.2, -0.15) is 4.99 Å². The van der Waals surface area contributed by atoms with Crippen molar-refractivity contribution in [2.45, 2.75) is 39.0 Å². The summed E-state index contributed by atoms with van der Waals surface area (Å²) < 4.78 is 15.4. The van der Waals surface area contributed by atoms with Crippen molar-refractivity contribution in [2.24, 2.45) is 4.99 Å². The number of esters is 1. The van der Waals surface area contributed by atoms with E-state index in [0.717, 1.165) is 18.4 Å². The molecule has 0 spiro atoms. The largest absolute Gasteiger partial charge is 0.464 e. The standard InChI is InChI=1S/C25H31N3O6/c1-25(2,3)34-24(31)26-20(18-12-14-19(15-13-18)28(4)5)21(22(29)32-6)27-23(30)33-16-17-10-8-7-9-11-17/h7-15,20H,16H2,1-6H3,(H,26,31)/t20-/m1/s1. The number of hydrogen-bond donors (Lipinski definition) is 1. The Balaban J connectivity index is 2.39. The number of anilines is 1. The SMILES string of the molecule is COC(=O)C(=NC(=O)OCc1ccccc1)[C@H](NC(=O)OC(C)(C)C)c1ccc(N(C)C)cc1. The summed E-state index contributed by atoms with van der Waals surface area (Å²) in [6.45, 7) is 5.11. The molecular weight excluding hydrogens is 438 g/mol. The fourth-order valence-electron chi connectivity index (χ4n) is 2.88. The maximum Gasteiger partial charge on any atom is 0.434 e. The quantitative estimate of drug-likeness (QED) is 0.367. The number of benzene rings is 2. The van der Waals surface area contributed by atoms with E-state index < -0.39 is 29.8 Å². The van der Waals surface area contributed by atoms with E-state index in [4.69, 9.17) is 14.2 Å². The highest BCUT2D eigenvalue weighted by atomic mass is 16.6. The zero-order valence-electron chi connectivity index (χ0n) is 20.3. The minimum absolute atomic E-state index is 0.0285. The molecule has 0 aliphatic heterocycles. The number of hydrogen-bond acceptors (Lipinski definition) is 7. The van der Waals surface area contributed by atoms with E-state index in [1.54, 1.807) is 45.0 Å². The van der Waals surface area contributed by atoms with Gasteiger partial charge in [-0.15, -0.1) is 0 Å². The van der Waals surface area contributed by atoms with Crippen LogP contribution in [0, 0.1) is 0 Å². The number of carbonyl (C=O) groups is 3. The van der Waals surface area contributed by atoms with Gasteiger partial charge in [0.25, 0.3) is 0 Å². The monoisotopic (exact) mass is 469 g/mol. The molecule has 182 valence electrons. The first-order valence-electron chi connectivity index (χ1n) is 10.6. The third kappa shape index (κ3) is 8.23. The molecule has 0 radical (unpaired) electrons. The third-order valence-corrected chi connectivity index (χ3v) is 4.49. The van der Waals surface area contributed by atoms with Gasteiger partial charge in [-0.05, 0) is 44.0 Å². The van der Waals surface area contributed by atoms with E-state index in [9.17, 15) is 14.4 Å². The van der Waals surface area contributed by atoms with Crippen molar-refractivity contribution >= 4 is 29.6 Å². The van der Waals surface area contributed by atoms with E-state index in [1.807, 2.05) is 49.3 Å². The van der Waals surface area contributed by atoms with Crippen molar-refractivity contribution in [2.75, 3.05) is 26.1 Å². The van der Waals surface area contributed by atoms with Crippen LogP contribution in [0.2, 0.25) is 0 Å². The summed E-state index contributed by atoms with van der Waals surface area (Å²) in [5.74, 6) is -0.894. The lowest BCUT2D eigenvalue weighted by atomic mass is 10.0. The molecule has 0 aliphatic rings. The van der Waals surface area contributed by atoms with E-state index >= 15 is 0 Å². The molecular formula is C25H31N3O6. The van der Waals surface area contributed by atoms with Gasteiger partial charge >= 0.3 is 18.2 Å². The molecule has 0 fully saturated rings. The Kier molecular flexibility index (Phi) is 9.18. The van der Waals surface area contributed by atoms with Gasteiger partial charge in [0.15, 0.2) is 5.71 Å². The molecule has 9 nitrogen and oxygen atoms in total. The second-order valence-corrected chi connectivity index (χ2v) is 8.59. The summed E-state index contributed by atoms with van der Waals surface area (Å²) in [6, 6.07) is 15.0. The molecule has 34 heavy (non-hydrogen) atoms. The van der Waals surface area contributed by atoms with Crippen LogP contribution in [0.5, 0.6) is 0 Å². The smallest absolute Gasteiger partial charge is 0.434 e. The molecule has 0 aliphatic carbocycles. The zero-order chi connectivity index (χ0) is 25.3. The second-order valence-electron chi connectivity index (χ2n) is 8.59. The highest BCUT2D eigenvalue weighted by Crippen LogP contribution is 2.21. The average Bonchev–Trinajstić information content (AvgIpc) is 2.79. The summed E-state index contributed by atoms with van der Waals surface area (Å²) >= 11 is 0. The second kappa shape index (κ2) is 11.8. The van der Waals surface area contributed by atoms with Crippen LogP contribution in [0.3, 0.4) is 0 Å². The number of nitrogens with zero attached hydrogens (tertiary/aromatic N) is 2. The Morgan fingerprint density at radius 3 is 2.15 bits per heavy atom. The van der Waals surface area contributed by atoms with Gasteiger partial charge in [0.05, 0.1) is 7.11 Å². The summed E-state index contributed by atoms with van der Waals surface area (Å²) in [7, 11) is 4.93. The molecule has 2 aromatic carbocycles. The predicted molar refractivity (Wildman–Crippen MR) is 129 cm³/mol. The van der Waals surface area contributed by atoms with E-state index in [2.05, 4.69) is 10.3 Å². The van der Waals surface area contributed by atoms with Gasteiger partial charge in [-0.3, -0.25) is 0 Å². The Labute approximate surface area is 199 Å². The van der Waals surface area contributed by atoms with Gasteiger partial charge < -0.3 is 24.4 Å². The van der Waals surface area contributed by atoms with Crippen molar-refractivity contribution in [3.8, 4) is 0 Å². The maximum absolute atomic E-state index is 12.6. The van der Waals surface area contributed by atoms with Crippen molar-refractivity contribution in [1.29, 1.82) is 0 Å². The van der Waals surface area contributed by atoms with Crippen LogP contribution >= 0.6 is 0 Å². The number of rotatable bonds is 7. The summed E-state index contributed by atoms with van der Waals surface area (Å²) in [5, 5.41) is 2.62. The number of carbonyl (C=O) groups excluding carboxylic acids is 3. The predicted octanol–water partition coefficient (Wildman–Crippen LogP) is 4.27. The number of ether oxygens (including phenoxy) is 3. The molecule has 2 amide bonds. The first kappa shape index (κ1) is 26.4. The number of methoxy groups -OCH3 is 1. The Morgan fingerprint density at radius 2 is 1.62 bits per heavy atom. The molecule has 0 saturated carbocycles. The van der Waals surface area contributed by atoms with Crippen molar-refractivity contribution < 1.29 is 28.6 Å². The van der Waals surface area contributed by atoms with Crippen molar-refractivity contribution in [1.82, 2.24) is 5.32 Å². The van der Waals surface area contributed by atoms with Crippen LogP contribution in [-0.4, -0.2) is 50.7 Å². The summed E-state index contributed by atoms with van der Waals surface area (Å²) in [5.41, 5.74) is 1.04. The summed E-state index contributed by atoms with van der Waals surface area (Å²) in [4.78, 5) is 43.4. The first-order valence-corrected chi connectivity index (χ1v) is 10.6. The van der Waals surface area contributed by atoms with Crippen LogP contribution < -0.4 is 10.2 Å². The van der Waals surface area contributed by atoms with Crippen LogP contribution in [0.25, 0.3) is 0 Å². The van der Waals surface area contributed by atoms with Crippen molar-refractivity contribution in [3.05, 3.63) is 65.7 Å². The lowest BCUT2D eigenvalue weighted by Gasteiger charge is -2.24. The molecule has 0 bridgehead atoms. The van der Waals surface area contributed by atoms with Gasteiger partial charge in [-0.25, -0.2) is 14.4 Å². The minimum Gasteiger partial charge on any atom is -0.464 e. The molecule has 2 rings (SSSR count). The fourth-order valence-corrected chi connectivity index (χ4v) is 2.88. The third-order valence-electron chi connectivity index (χ3n) is 4.49. The highest BCUT2D eigenvalue weighted by Gasteiger charge is 2.30. The number of aliphatic imine (C=N–C) groups is 1. The van der Waals surface area contributed by atoms with E-state index in [0.29, 0.717) is 5.56 Å². The normalized spacial score (nSPS) is 12.4.